The van der Waals surface area contributed by atoms with Gasteiger partial charge in [0.2, 0.25) is 0 Å². The number of amides is 1. The number of benzene rings is 1. The number of nitrogens with zero attached hydrogens (tertiary/aromatic N) is 1. The molecule has 1 aliphatic rings. The van der Waals surface area contributed by atoms with Crippen molar-refractivity contribution < 1.29 is 19.5 Å². The summed E-state index contributed by atoms with van der Waals surface area (Å²) in [7, 11) is 1.59. The lowest BCUT2D eigenvalue weighted by Crippen LogP contribution is -2.30. The maximum Gasteiger partial charge on any atom is 0.308 e. The quantitative estimate of drug-likeness (QED) is 0.841. The minimum atomic E-state index is -1.12. The van der Waals surface area contributed by atoms with Crippen LogP contribution in [0.2, 0.25) is 0 Å². The number of rotatable bonds is 5. The molecule has 1 aromatic rings. The van der Waals surface area contributed by atoms with Crippen LogP contribution < -0.4 is 0 Å². The second kappa shape index (κ2) is 6.36. The van der Waals surface area contributed by atoms with Crippen molar-refractivity contribution in [2.75, 3.05) is 13.3 Å². The molecule has 0 aliphatic carbocycles. The van der Waals surface area contributed by atoms with Crippen molar-refractivity contribution in [2.45, 2.75) is 18.7 Å². The molecule has 0 saturated heterocycles. The van der Waals surface area contributed by atoms with Crippen LogP contribution in [0.5, 0.6) is 0 Å². The average Bonchev–Trinajstić information content (AvgIpc) is 2.70. The van der Waals surface area contributed by atoms with Crippen LogP contribution in [0.25, 0.3) is 0 Å². The first-order chi connectivity index (χ1) is 10.4. The molecule has 1 amide bonds. The van der Waals surface area contributed by atoms with E-state index >= 15 is 0 Å². The molecule has 0 fully saturated rings. The standard InChI is InChI=1S/C16H17NO4S/c1-9-5-4-6-10(7-9)14(20)13-11(8-12(18)19)15(21)17(2)16(13)22-3/h4-7,16H,8H2,1-3H3,(H,18,19). The number of Topliss-reactive ketones (excluding diaryl/α,β-unsaturated/α-hetero) is 1. The largest absolute Gasteiger partial charge is 0.481 e. The van der Waals surface area contributed by atoms with E-state index in [0.717, 1.165) is 5.56 Å². The molecule has 1 aliphatic heterocycles. The predicted octanol–water partition coefficient (Wildman–Crippen LogP) is 2.11. The van der Waals surface area contributed by atoms with Crippen LogP contribution >= 0.6 is 11.8 Å². The molecule has 1 N–H and O–H groups in total. The summed E-state index contributed by atoms with van der Waals surface area (Å²) in [5, 5.41) is 8.58. The summed E-state index contributed by atoms with van der Waals surface area (Å²) in [5.74, 6) is -1.79. The predicted molar refractivity (Wildman–Crippen MR) is 84.9 cm³/mol. The van der Waals surface area contributed by atoms with Gasteiger partial charge in [-0.2, -0.15) is 0 Å². The van der Waals surface area contributed by atoms with Crippen LogP contribution in [-0.2, 0) is 9.59 Å². The van der Waals surface area contributed by atoms with E-state index in [9.17, 15) is 14.4 Å². The number of aryl methyl sites for hydroxylation is 1. The molecule has 2 rings (SSSR count). The second-order valence-corrected chi connectivity index (χ2v) is 6.08. The normalized spacial score (nSPS) is 18.0. The molecule has 1 unspecified atom stereocenters. The highest BCUT2D eigenvalue weighted by atomic mass is 32.2. The van der Waals surface area contributed by atoms with Gasteiger partial charge >= 0.3 is 5.97 Å². The Morgan fingerprint density at radius 2 is 2.05 bits per heavy atom. The number of carboxylic acids is 1. The van der Waals surface area contributed by atoms with E-state index in [4.69, 9.17) is 5.11 Å². The average molecular weight is 319 g/mol. The fourth-order valence-corrected chi connectivity index (χ4v) is 3.46. The van der Waals surface area contributed by atoms with Crippen molar-refractivity contribution in [1.82, 2.24) is 4.90 Å². The van der Waals surface area contributed by atoms with Gasteiger partial charge in [-0.3, -0.25) is 14.4 Å². The molecule has 0 radical (unpaired) electrons. The minimum absolute atomic E-state index is 0.0841. The van der Waals surface area contributed by atoms with E-state index in [1.165, 1.54) is 16.7 Å². The molecule has 0 aromatic heterocycles. The van der Waals surface area contributed by atoms with E-state index in [0.29, 0.717) is 5.56 Å². The zero-order valence-electron chi connectivity index (χ0n) is 12.6. The van der Waals surface area contributed by atoms with E-state index in [1.54, 1.807) is 31.5 Å². The molecular weight excluding hydrogens is 302 g/mol. The van der Waals surface area contributed by atoms with Crippen LogP contribution in [0.4, 0.5) is 0 Å². The van der Waals surface area contributed by atoms with E-state index in [2.05, 4.69) is 0 Å². The van der Waals surface area contributed by atoms with E-state index in [-0.39, 0.29) is 16.9 Å². The highest BCUT2D eigenvalue weighted by Gasteiger charge is 2.40. The summed E-state index contributed by atoms with van der Waals surface area (Å²) in [6, 6.07) is 7.07. The number of thioether (sulfide) groups is 1. The molecule has 5 nitrogen and oxygen atoms in total. The third-order valence-electron chi connectivity index (χ3n) is 3.58. The lowest BCUT2D eigenvalue weighted by atomic mass is 9.97. The van der Waals surface area contributed by atoms with Gasteiger partial charge in [0.1, 0.15) is 5.37 Å². The highest BCUT2D eigenvalue weighted by molar-refractivity contribution is 7.99. The first kappa shape index (κ1) is 16.3. The summed E-state index contributed by atoms with van der Waals surface area (Å²) in [4.78, 5) is 37.5. The van der Waals surface area contributed by atoms with Crippen molar-refractivity contribution in [1.29, 1.82) is 0 Å². The van der Waals surface area contributed by atoms with Crippen LogP contribution in [0, 0.1) is 6.92 Å². The third-order valence-corrected chi connectivity index (χ3v) is 4.58. The van der Waals surface area contributed by atoms with Gasteiger partial charge in [0.05, 0.1) is 6.42 Å². The maximum absolute atomic E-state index is 12.8. The molecule has 1 aromatic carbocycles. The molecule has 0 saturated carbocycles. The van der Waals surface area contributed by atoms with Gasteiger partial charge < -0.3 is 10.0 Å². The smallest absolute Gasteiger partial charge is 0.308 e. The molecule has 116 valence electrons. The number of hydrogen-bond acceptors (Lipinski definition) is 4. The number of carbonyl (C=O) groups is 3. The Kier molecular flexibility index (Phi) is 4.71. The molecule has 1 heterocycles. The molecule has 22 heavy (non-hydrogen) atoms. The van der Waals surface area contributed by atoms with Gasteiger partial charge in [-0.05, 0) is 19.2 Å². The topological polar surface area (TPSA) is 74.7 Å². The first-order valence-corrected chi connectivity index (χ1v) is 8.01. The van der Waals surface area contributed by atoms with Crippen molar-refractivity contribution in [3.63, 3.8) is 0 Å². The number of carboxylic acid groups (broad SMARTS) is 1. The Morgan fingerprint density at radius 3 is 2.59 bits per heavy atom. The Labute approximate surface area is 133 Å². The van der Waals surface area contributed by atoms with Gasteiger partial charge in [-0.1, -0.05) is 23.8 Å². The SMILES string of the molecule is CSC1C(C(=O)c2cccc(C)c2)=C(CC(=O)O)C(=O)N1C. The summed E-state index contributed by atoms with van der Waals surface area (Å²) >= 11 is 1.34. The van der Waals surface area contributed by atoms with Gasteiger partial charge in [0.15, 0.2) is 5.78 Å². The fraction of sp³-hybridized carbons (Fsp3) is 0.312. The minimum Gasteiger partial charge on any atom is -0.481 e. The van der Waals surface area contributed by atoms with Gasteiger partial charge in [-0.25, -0.2) is 0 Å². The zero-order valence-corrected chi connectivity index (χ0v) is 13.4. The Bertz CT molecular complexity index is 680. The molecule has 0 spiro atoms. The van der Waals surface area contributed by atoms with E-state index < -0.39 is 23.7 Å². The monoisotopic (exact) mass is 319 g/mol. The van der Waals surface area contributed by atoms with Crippen molar-refractivity contribution in [3.05, 3.63) is 46.5 Å². The summed E-state index contributed by atoms with van der Waals surface area (Å²) < 4.78 is 0. The van der Waals surface area contributed by atoms with Crippen molar-refractivity contribution in [2.24, 2.45) is 0 Å². The number of carbonyl (C=O) groups excluding carboxylic acids is 2. The highest BCUT2D eigenvalue weighted by Crippen LogP contribution is 2.34. The maximum atomic E-state index is 12.8. The Morgan fingerprint density at radius 1 is 1.36 bits per heavy atom. The molecule has 6 heteroatoms. The lowest BCUT2D eigenvalue weighted by molar-refractivity contribution is -0.137. The summed E-state index contributed by atoms with van der Waals surface area (Å²) in [6.07, 6.45) is 1.36. The van der Waals surface area contributed by atoms with E-state index in [1.807, 2.05) is 13.0 Å². The summed E-state index contributed by atoms with van der Waals surface area (Å²) in [6.45, 7) is 1.88. The van der Waals surface area contributed by atoms with Crippen LogP contribution in [0.3, 0.4) is 0 Å². The van der Waals surface area contributed by atoms with Crippen molar-refractivity contribution >= 4 is 29.4 Å². The Balaban J connectivity index is 2.54. The van der Waals surface area contributed by atoms with Crippen LogP contribution in [0.15, 0.2) is 35.4 Å². The Hall–Kier alpha value is -2.08. The zero-order chi connectivity index (χ0) is 16.4. The van der Waals surface area contributed by atoms with Crippen molar-refractivity contribution in [3.8, 4) is 0 Å². The van der Waals surface area contributed by atoms with Gasteiger partial charge in [0.25, 0.3) is 5.91 Å². The van der Waals surface area contributed by atoms with Crippen LogP contribution in [0.1, 0.15) is 22.3 Å². The lowest BCUT2D eigenvalue weighted by Gasteiger charge is -2.20. The third kappa shape index (κ3) is 2.92. The summed E-state index contributed by atoms with van der Waals surface area (Å²) in [5.41, 5.74) is 1.78. The number of aliphatic carboxylic acids is 1. The number of ketones is 1. The molecular formula is C16H17NO4S. The fourth-order valence-electron chi connectivity index (χ4n) is 2.57. The molecule has 0 bridgehead atoms. The van der Waals surface area contributed by atoms with Crippen LogP contribution in [-0.4, -0.2) is 46.3 Å². The number of likely N-dealkylation sites (N-methyl/N-ethyl adjacent to an activating group) is 1. The van der Waals surface area contributed by atoms with Gasteiger partial charge in [-0.15, -0.1) is 11.8 Å². The number of hydrogen-bond donors (Lipinski definition) is 1. The first-order valence-electron chi connectivity index (χ1n) is 6.73. The second-order valence-electron chi connectivity index (χ2n) is 5.17. The molecule has 1 atom stereocenters. The van der Waals surface area contributed by atoms with Gasteiger partial charge in [0, 0.05) is 23.8 Å².